The third-order valence-corrected chi connectivity index (χ3v) is 2.41. The van der Waals surface area contributed by atoms with Crippen LogP contribution in [-0.4, -0.2) is 24.5 Å². The first-order valence-corrected chi connectivity index (χ1v) is 5.19. The van der Waals surface area contributed by atoms with Crippen LogP contribution in [0, 0.1) is 0 Å². The van der Waals surface area contributed by atoms with Crippen LogP contribution in [0.3, 0.4) is 0 Å². The largest absolute Gasteiger partial charge is 0.468 e. The second-order valence-electron chi connectivity index (χ2n) is 3.77. The number of hydrogen-bond donors (Lipinski definition) is 1. The first kappa shape index (κ1) is 11.3. The van der Waals surface area contributed by atoms with Gasteiger partial charge in [-0.1, -0.05) is 6.92 Å². The Bertz CT molecular complexity index is 233. The third-order valence-electron chi connectivity index (χ3n) is 2.41. The van der Waals surface area contributed by atoms with Gasteiger partial charge in [0.2, 0.25) is 0 Å². The van der Waals surface area contributed by atoms with Crippen molar-refractivity contribution in [2.24, 2.45) is 5.73 Å². The number of nitrogens with two attached hydrogens (primary N) is 1. The van der Waals surface area contributed by atoms with Crippen LogP contribution in [0.1, 0.15) is 25.5 Å². The zero-order valence-electron chi connectivity index (χ0n) is 9.07. The fourth-order valence-electron chi connectivity index (χ4n) is 1.34. The molecule has 1 aromatic rings. The van der Waals surface area contributed by atoms with Crippen molar-refractivity contribution in [2.75, 3.05) is 13.6 Å². The van der Waals surface area contributed by atoms with E-state index in [-0.39, 0.29) is 0 Å². The molecule has 0 spiro atoms. The highest BCUT2D eigenvalue weighted by atomic mass is 16.3. The molecule has 3 nitrogen and oxygen atoms in total. The third kappa shape index (κ3) is 3.94. The number of rotatable bonds is 6. The van der Waals surface area contributed by atoms with E-state index < -0.39 is 0 Å². The lowest BCUT2D eigenvalue weighted by Crippen LogP contribution is -2.27. The van der Waals surface area contributed by atoms with E-state index >= 15 is 0 Å². The molecule has 14 heavy (non-hydrogen) atoms. The molecule has 1 unspecified atom stereocenters. The molecule has 0 saturated heterocycles. The average Bonchev–Trinajstić information content (AvgIpc) is 2.66. The highest BCUT2D eigenvalue weighted by Gasteiger charge is 2.04. The van der Waals surface area contributed by atoms with Gasteiger partial charge >= 0.3 is 0 Å². The molecule has 1 atom stereocenters. The Kier molecular flexibility index (Phi) is 4.70. The predicted octanol–water partition coefficient (Wildman–Crippen LogP) is 1.84. The Balaban J connectivity index is 2.19. The molecule has 0 amide bonds. The highest BCUT2D eigenvalue weighted by molar-refractivity contribution is 4.97. The molecule has 0 bridgehead atoms. The summed E-state index contributed by atoms with van der Waals surface area (Å²) >= 11 is 0. The summed E-state index contributed by atoms with van der Waals surface area (Å²) in [6.45, 7) is 4.01. The van der Waals surface area contributed by atoms with Crippen molar-refractivity contribution in [2.45, 2.75) is 32.4 Å². The topological polar surface area (TPSA) is 42.4 Å². The molecule has 2 N–H and O–H groups in total. The molecule has 1 rings (SSSR count). The van der Waals surface area contributed by atoms with Gasteiger partial charge < -0.3 is 10.2 Å². The smallest absolute Gasteiger partial charge is 0.117 e. The van der Waals surface area contributed by atoms with Crippen LogP contribution in [-0.2, 0) is 6.54 Å². The normalized spacial score (nSPS) is 13.4. The van der Waals surface area contributed by atoms with Gasteiger partial charge in [-0.25, -0.2) is 0 Å². The van der Waals surface area contributed by atoms with E-state index in [0.29, 0.717) is 6.04 Å². The van der Waals surface area contributed by atoms with Crippen LogP contribution in [0.5, 0.6) is 0 Å². The van der Waals surface area contributed by atoms with Gasteiger partial charge in [-0.15, -0.1) is 0 Å². The van der Waals surface area contributed by atoms with E-state index in [4.69, 9.17) is 10.2 Å². The average molecular weight is 196 g/mol. The summed E-state index contributed by atoms with van der Waals surface area (Å²) in [7, 11) is 2.09. The SMILES string of the molecule is CCC(N)CCN(C)Cc1ccco1. The van der Waals surface area contributed by atoms with Crippen LogP contribution in [0.2, 0.25) is 0 Å². The van der Waals surface area contributed by atoms with Crippen LogP contribution in [0.15, 0.2) is 22.8 Å². The van der Waals surface area contributed by atoms with Crippen LogP contribution in [0.25, 0.3) is 0 Å². The van der Waals surface area contributed by atoms with Crippen molar-refractivity contribution in [3.63, 3.8) is 0 Å². The van der Waals surface area contributed by atoms with Crippen molar-refractivity contribution in [3.05, 3.63) is 24.2 Å². The molecule has 0 fully saturated rings. The number of nitrogens with zero attached hydrogens (tertiary/aromatic N) is 1. The van der Waals surface area contributed by atoms with E-state index in [1.807, 2.05) is 12.1 Å². The molecule has 0 radical (unpaired) electrons. The minimum absolute atomic E-state index is 0.328. The second kappa shape index (κ2) is 5.83. The first-order chi connectivity index (χ1) is 6.72. The molecular formula is C11H20N2O. The zero-order chi connectivity index (χ0) is 10.4. The molecule has 0 aromatic carbocycles. The molecule has 0 saturated carbocycles. The fraction of sp³-hybridized carbons (Fsp3) is 0.636. The lowest BCUT2D eigenvalue weighted by Gasteiger charge is -2.17. The number of furan rings is 1. The molecule has 0 aliphatic carbocycles. The molecule has 0 aliphatic rings. The zero-order valence-corrected chi connectivity index (χ0v) is 9.07. The van der Waals surface area contributed by atoms with Gasteiger partial charge in [0, 0.05) is 6.04 Å². The van der Waals surface area contributed by atoms with Gasteiger partial charge in [-0.05, 0) is 38.6 Å². The Morgan fingerprint density at radius 1 is 1.57 bits per heavy atom. The van der Waals surface area contributed by atoms with Crippen molar-refractivity contribution in [1.82, 2.24) is 4.90 Å². The number of hydrogen-bond acceptors (Lipinski definition) is 3. The van der Waals surface area contributed by atoms with Crippen LogP contribution < -0.4 is 5.73 Å². The van der Waals surface area contributed by atoms with Crippen molar-refractivity contribution in [3.8, 4) is 0 Å². The van der Waals surface area contributed by atoms with Crippen LogP contribution in [0.4, 0.5) is 0 Å². The van der Waals surface area contributed by atoms with Crippen molar-refractivity contribution < 1.29 is 4.42 Å². The van der Waals surface area contributed by atoms with E-state index in [9.17, 15) is 0 Å². The van der Waals surface area contributed by atoms with E-state index in [0.717, 1.165) is 31.7 Å². The molecule has 1 aromatic heterocycles. The van der Waals surface area contributed by atoms with Gasteiger partial charge in [0.15, 0.2) is 0 Å². The molecule has 0 aliphatic heterocycles. The molecule has 80 valence electrons. The van der Waals surface area contributed by atoms with Crippen molar-refractivity contribution in [1.29, 1.82) is 0 Å². The van der Waals surface area contributed by atoms with Gasteiger partial charge in [0.1, 0.15) is 5.76 Å². The molecule has 1 heterocycles. The lowest BCUT2D eigenvalue weighted by molar-refractivity contribution is 0.282. The van der Waals surface area contributed by atoms with Gasteiger partial charge in [0.25, 0.3) is 0 Å². The maximum atomic E-state index is 5.84. The van der Waals surface area contributed by atoms with Gasteiger partial charge in [-0.2, -0.15) is 0 Å². The summed E-state index contributed by atoms with van der Waals surface area (Å²) in [4.78, 5) is 2.23. The quantitative estimate of drug-likeness (QED) is 0.755. The summed E-state index contributed by atoms with van der Waals surface area (Å²) in [5.41, 5.74) is 5.84. The van der Waals surface area contributed by atoms with Gasteiger partial charge in [0.05, 0.1) is 12.8 Å². The van der Waals surface area contributed by atoms with E-state index in [1.54, 1.807) is 6.26 Å². The maximum absolute atomic E-state index is 5.84. The Morgan fingerprint density at radius 3 is 2.93 bits per heavy atom. The predicted molar refractivity (Wildman–Crippen MR) is 57.9 cm³/mol. The Labute approximate surface area is 85.9 Å². The maximum Gasteiger partial charge on any atom is 0.117 e. The molecular weight excluding hydrogens is 176 g/mol. The standard InChI is InChI=1S/C11H20N2O/c1-3-10(12)6-7-13(2)9-11-5-4-8-14-11/h4-5,8,10H,3,6-7,9,12H2,1-2H3. The summed E-state index contributed by atoms with van der Waals surface area (Å²) in [5.74, 6) is 1.01. The minimum Gasteiger partial charge on any atom is -0.468 e. The van der Waals surface area contributed by atoms with Crippen LogP contribution >= 0.6 is 0 Å². The van der Waals surface area contributed by atoms with Gasteiger partial charge in [-0.3, -0.25) is 4.90 Å². The lowest BCUT2D eigenvalue weighted by atomic mass is 10.1. The second-order valence-corrected chi connectivity index (χ2v) is 3.77. The van der Waals surface area contributed by atoms with E-state index in [1.165, 1.54) is 0 Å². The summed E-state index contributed by atoms with van der Waals surface area (Å²) < 4.78 is 5.26. The monoisotopic (exact) mass is 196 g/mol. The summed E-state index contributed by atoms with van der Waals surface area (Å²) in [6, 6.07) is 4.24. The summed E-state index contributed by atoms with van der Waals surface area (Å²) in [6.07, 6.45) is 3.81. The highest BCUT2D eigenvalue weighted by Crippen LogP contribution is 2.04. The fourth-order valence-corrected chi connectivity index (χ4v) is 1.34. The van der Waals surface area contributed by atoms with Crippen molar-refractivity contribution >= 4 is 0 Å². The summed E-state index contributed by atoms with van der Waals surface area (Å²) in [5, 5.41) is 0. The first-order valence-electron chi connectivity index (χ1n) is 5.19. The Hall–Kier alpha value is -0.800. The molecule has 3 heteroatoms. The van der Waals surface area contributed by atoms with E-state index in [2.05, 4.69) is 18.9 Å². The Morgan fingerprint density at radius 2 is 2.36 bits per heavy atom. The minimum atomic E-state index is 0.328.